The predicted molar refractivity (Wildman–Crippen MR) is 65.1 cm³/mol. The van der Waals surface area contributed by atoms with Crippen LogP contribution < -0.4 is 0 Å². The van der Waals surface area contributed by atoms with Crippen LogP contribution in [0.2, 0.25) is 0 Å². The summed E-state index contributed by atoms with van der Waals surface area (Å²) in [6.07, 6.45) is 2.97. The van der Waals surface area contributed by atoms with Crippen molar-refractivity contribution in [3.05, 3.63) is 0 Å². The maximum Gasteiger partial charge on any atom is 0.248 e. The third kappa shape index (κ3) is 3.32. The first kappa shape index (κ1) is 12.2. The third-order valence-corrected chi connectivity index (χ3v) is 6.26. The van der Waals surface area contributed by atoms with Crippen molar-refractivity contribution in [1.82, 2.24) is 0 Å². The molecule has 0 aromatic heterocycles. The molecule has 1 heterocycles. The molecule has 0 radical (unpaired) electrons. The normalized spacial score (nSPS) is 40.6. The molecule has 0 bridgehead atoms. The second kappa shape index (κ2) is 4.91. The Morgan fingerprint density at radius 3 is 2.73 bits per heavy atom. The van der Waals surface area contributed by atoms with Gasteiger partial charge in [0.1, 0.15) is 0 Å². The summed E-state index contributed by atoms with van der Waals surface area (Å²) in [4.78, 5) is 0.554. The topological polar surface area (TPSA) is 0 Å². The standard InChI is InChI=1S/C11H17BrF2S/c12-10-7-15-6-9(10)4-8-2-1-3-11(13,14)5-8/h8-10H,1-7H2. The second-order valence-corrected chi connectivity index (χ2v) is 7.12. The Morgan fingerprint density at radius 2 is 2.13 bits per heavy atom. The van der Waals surface area contributed by atoms with Crippen molar-refractivity contribution in [2.75, 3.05) is 11.5 Å². The van der Waals surface area contributed by atoms with Gasteiger partial charge in [0.05, 0.1) is 0 Å². The van der Waals surface area contributed by atoms with Gasteiger partial charge < -0.3 is 0 Å². The van der Waals surface area contributed by atoms with E-state index in [1.165, 1.54) is 0 Å². The van der Waals surface area contributed by atoms with Gasteiger partial charge in [0.25, 0.3) is 0 Å². The lowest BCUT2D eigenvalue weighted by Crippen LogP contribution is -2.28. The summed E-state index contributed by atoms with van der Waals surface area (Å²) in [6.45, 7) is 0. The second-order valence-electron chi connectivity index (χ2n) is 4.87. The summed E-state index contributed by atoms with van der Waals surface area (Å²) in [5, 5.41) is 0. The molecule has 88 valence electrons. The molecule has 0 nitrogen and oxygen atoms in total. The molecule has 0 aromatic carbocycles. The summed E-state index contributed by atoms with van der Waals surface area (Å²) < 4.78 is 26.4. The van der Waals surface area contributed by atoms with Gasteiger partial charge in [-0.1, -0.05) is 22.4 Å². The van der Waals surface area contributed by atoms with Crippen molar-refractivity contribution < 1.29 is 8.78 Å². The lowest BCUT2D eigenvalue weighted by atomic mass is 9.81. The van der Waals surface area contributed by atoms with E-state index in [0.29, 0.717) is 17.2 Å². The van der Waals surface area contributed by atoms with Gasteiger partial charge in [-0.2, -0.15) is 11.8 Å². The smallest absolute Gasteiger partial charge is 0.207 e. The van der Waals surface area contributed by atoms with E-state index in [9.17, 15) is 8.78 Å². The van der Waals surface area contributed by atoms with Crippen LogP contribution in [0, 0.1) is 11.8 Å². The zero-order valence-corrected chi connectivity index (χ0v) is 11.1. The van der Waals surface area contributed by atoms with E-state index >= 15 is 0 Å². The molecular formula is C11H17BrF2S. The molecule has 2 fully saturated rings. The van der Waals surface area contributed by atoms with Gasteiger partial charge in [-0.25, -0.2) is 8.78 Å². The van der Waals surface area contributed by atoms with Gasteiger partial charge in [0.15, 0.2) is 0 Å². The SMILES string of the molecule is FC1(F)CCCC(CC2CSCC2Br)C1. The Morgan fingerprint density at radius 1 is 1.33 bits per heavy atom. The summed E-state index contributed by atoms with van der Waals surface area (Å²) in [6, 6.07) is 0. The van der Waals surface area contributed by atoms with Crippen LogP contribution in [0.4, 0.5) is 8.78 Å². The van der Waals surface area contributed by atoms with E-state index in [1.807, 2.05) is 11.8 Å². The Bertz CT molecular complexity index is 223. The molecule has 15 heavy (non-hydrogen) atoms. The number of thioether (sulfide) groups is 1. The first-order valence-corrected chi connectivity index (χ1v) is 7.73. The summed E-state index contributed by atoms with van der Waals surface area (Å²) in [7, 11) is 0. The van der Waals surface area contributed by atoms with Crippen molar-refractivity contribution in [3.8, 4) is 0 Å². The van der Waals surface area contributed by atoms with Gasteiger partial charge in [-0.05, 0) is 30.4 Å². The van der Waals surface area contributed by atoms with Crippen molar-refractivity contribution >= 4 is 27.7 Å². The molecule has 1 saturated heterocycles. The monoisotopic (exact) mass is 298 g/mol. The quantitative estimate of drug-likeness (QED) is 0.684. The largest absolute Gasteiger partial charge is 0.248 e. The Hall–Kier alpha value is 0.690. The lowest BCUT2D eigenvalue weighted by Gasteiger charge is -2.30. The zero-order valence-electron chi connectivity index (χ0n) is 8.72. The third-order valence-electron chi connectivity index (χ3n) is 3.50. The molecule has 0 amide bonds. The average Bonchev–Trinajstić information content (AvgIpc) is 2.50. The Labute approximate surface area is 103 Å². The van der Waals surface area contributed by atoms with Crippen molar-refractivity contribution in [1.29, 1.82) is 0 Å². The molecule has 3 atom stereocenters. The molecule has 1 aliphatic heterocycles. The Kier molecular flexibility index (Phi) is 3.98. The molecule has 2 aliphatic rings. The molecule has 0 N–H and O–H groups in total. The number of rotatable bonds is 2. The van der Waals surface area contributed by atoms with Crippen molar-refractivity contribution in [3.63, 3.8) is 0 Å². The van der Waals surface area contributed by atoms with Crippen LogP contribution in [0.1, 0.15) is 32.1 Å². The minimum Gasteiger partial charge on any atom is -0.207 e. The molecule has 1 aliphatic carbocycles. The number of alkyl halides is 3. The van der Waals surface area contributed by atoms with Crippen LogP contribution in [0.15, 0.2) is 0 Å². The van der Waals surface area contributed by atoms with E-state index in [1.54, 1.807) is 0 Å². The molecule has 1 saturated carbocycles. The van der Waals surface area contributed by atoms with Gasteiger partial charge in [0.2, 0.25) is 5.92 Å². The van der Waals surface area contributed by atoms with E-state index in [-0.39, 0.29) is 18.8 Å². The highest BCUT2D eigenvalue weighted by Gasteiger charge is 2.38. The maximum absolute atomic E-state index is 13.2. The van der Waals surface area contributed by atoms with Crippen molar-refractivity contribution in [2.24, 2.45) is 11.8 Å². The maximum atomic E-state index is 13.2. The van der Waals surface area contributed by atoms with Gasteiger partial charge in [-0.3, -0.25) is 0 Å². The highest BCUT2D eigenvalue weighted by Crippen LogP contribution is 2.42. The number of hydrogen-bond acceptors (Lipinski definition) is 1. The lowest BCUT2D eigenvalue weighted by molar-refractivity contribution is -0.0551. The van der Waals surface area contributed by atoms with Gasteiger partial charge in [0, 0.05) is 23.4 Å². The molecule has 0 aromatic rings. The summed E-state index contributed by atoms with van der Waals surface area (Å²) in [5.74, 6) is 0.800. The van der Waals surface area contributed by atoms with E-state index < -0.39 is 5.92 Å². The minimum absolute atomic E-state index is 0.112. The minimum atomic E-state index is -2.38. The average molecular weight is 299 g/mol. The summed E-state index contributed by atoms with van der Waals surface area (Å²) >= 11 is 5.60. The zero-order chi connectivity index (χ0) is 10.9. The summed E-state index contributed by atoms with van der Waals surface area (Å²) in [5.41, 5.74) is 0. The Balaban J connectivity index is 1.83. The fourth-order valence-electron chi connectivity index (χ4n) is 2.69. The van der Waals surface area contributed by atoms with E-state index in [4.69, 9.17) is 0 Å². The highest BCUT2D eigenvalue weighted by atomic mass is 79.9. The molecule has 2 rings (SSSR count). The van der Waals surface area contributed by atoms with Gasteiger partial charge in [-0.15, -0.1) is 0 Å². The number of halogens is 3. The van der Waals surface area contributed by atoms with Crippen LogP contribution >= 0.6 is 27.7 Å². The van der Waals surface area contributed by atoms with Crippen LogP contribution in [-0.2, 0) is 0 Å². The van der Waals surface area contributed by atoms with Crippen LogP contribution in [0.25, 0.3) is 0 Å². The van der Waals surface area contributed by atoms with Crippen LogP contribution in [0.3, 0.4) is 0 Å². The fraction of sp³-hybridized carbons (Fsp3) is 1.00. The van der Waals surface area contributed by atoms with Gasteiger partial charge >= 0.3 is 0 Å². The molecule has 3 unspecified atom stereocenters. The molecule has 4 heteroatoms. The van der Waals surface area contributed by atoms with E-state index in [2.05, 4.69) is 15.9 Å². The number of hydrogen-bond donors (Lipinski definition) is 0. The predicted octanol–water partition coefficient (Wildman–Crippen LogP) is 4.33. The van der Waals surface area contributed by atoms with Crippen LogP contribution in [-0.4, -0.2) is 22.3 Å². The van der Waals surface area contributed by atoms with Crippen molar-refractivity contribution in [2.45, 2.75) is 42.9 Å². The van der Waals surface area contributed by atoms with E-state index in [0.717, 1.165) is 24.3 Å². The fourth-order valence-corrected chi connectivity index (χ4v) is 5.21. The molecule has 0 spiro atoms. The molecular weight excluding hydrogens is 282 g/mol. The highest BCUT2D eigenvalue weighted by molar-refractivity contribution is 9.09. The first-order chi connectivity index (χ1) is 7.07. The van der Waals surface area contributed by atoms with Crippen LogP contribution in [0.5, 0.6) is 0 Å². The first-order valence-electron chi connectivity index (χ1n) is 5.66.